The lowest BCUT2D eigenvalue weighted by molar-refractivity contribution is -0.140. The van der Waals surface area contributed by atoms with Crippen molar-refractivity contribution in [3.05, 3.63) is 34.9 Å². The molecule has 2 aliphatic rings. The van der Waals surface area contributed by atoms with E-state index in [1.54, 1.807) is 0 Å². The molecule has 122 valence electrons. The SMILES string of the molecule is Cl.NC1CCCN(C(=O)C2(c3ccc(Cl)cc3)CCC2)CC1. The predicted molar refractivity (Wildman–Crippen MR) is 92.6 cm³/mol. The van der Waals surface area contributed by atoms with Gasteiger partial charge in [0.2, 0.25) is 5.91 Å². The third kappa shape index (κ3) is 3.27. The molecule has 2 N–H and O–H groups in total. The summed E-state index contributed by atoms with van der Waals surface area (Å²) in [7, 11) is 0. The van der Waals surface area contributed by atoms with Crippen molar-refractivity contribution in [1.29, 1.82) is 0 Å². The first-order chi connectivity index (χ1) is 10.1. The average Bonchev–Trinajstić information content (AvgIpc) is 2.64. The van der Waals surface area contributed by atoms with Crippen LogP contribution in [0.4, 0.5) is 0 Å². The van der Waals surface area contributed by atoms with Crippen LogP contribution in [-0.4, -0.2) is 29.9 Å². The highest BCUT2D eigenvalue weighted by Crippen LogP contribution is 2.45. The van der Waals surface area contributed by atoms with Crippen molar-refractivity contribution >= 4 is 29.9 Å². The fraction of sp³-hybridized carbons (Fsp3) is 0.588. The summed E-state index contributed by atoms with van der Waals surface area (Å²) in [5.41, 5.74) is 6.84. The zero-order chi connectivity index (χ0) is 14.9. The van der Waals surface area contributed by atoms with E-state index in [0.29, 0.717) is 5.91 Å². The van der Waals surface area contributed by atoms with Crippen LogP contribution in [-0.2, 0) is 10.2 Å². The maximum absolute atomic E-state index is 13.1. The highest BCUT2D eigenvalue weighted by atomic mass is 35.5. The van der Waals surface area contributed by atoms with Gasteiger partial charge in [0.05, 0.1) is 5.41 Å². The Labute approximate surface area is 143 Å². The van der Waals surface area contributed by atoms with Crippen molar-refractivity contribution in [3.63, 3.8) is 0 Å². The van der Waals surface area contributed by atoms with E-state index in [4.69, 9.17) is 17.3 Å². The van der Waals surface area contributed by atoms with Gasteiger partial charge in [0.15, 0.2) is 0 Å². The van der Waals surface area contributed by atoms with Gasteiger partial charge in [0, 0.05) is 24.2 Å². The molecule has 22 heavy (non-hydrogen) atoms. The van der Waals surface area contributed by atoms with E-state index in [1.165, 1.54) is 0 Å². The van der Waals surface area contributed by atoms with Gasteiger partial charge in [-0.25, -0.2) is 0 Å². The third-order valence-electron chi connectivity index (χ3n) is 5.07. The first-order valence-electron chi connectivity index (χ1n) is 7.93. The Hall–Kier alpha value is -0.770. The second-order valence-corrected chi connectivity index (χ2v) is 6.86. The zero-order valence-corrected chi connectivity index (χ0v) is 14.3. The Morgan fingerprint density at radius 2 is 1.82 bits per heavy atom. The molecule has 1 aromatic carbocycles. The standard InChI is InChI=1S/C17H23ClN2O.ClH/c18-14-6-4-13(5-7-14)17(9-2-10-17)16(21)20-11-1-3-15(19)8-12-20;/h4-7,15H,1-3,8-12,19H2;1H. The molecule has 0 bridgehead atoms. The molecule has 1 amide bonds. The number of rotatable bonds is 2. The molecule has 0 aromatic heterocycles. The van der Waals surface area contributed by atoms with Crippen molar-refractivity contribution in [3.8, 4) is 0 Å². The Morgan fingerprint density at radius 3 is 2.41 bits per heavy atom. The summed E-state index contributed by atoms with van der Waals surface area (Å²) in [6.45, 7) is 1.65. The molecule has 3 nitrogen and oxygen atoms in total. The lowest BCUT2D eigenvalue weighted by Crippen LogP contribution is -2.51. The van der Waals surface area contributed by atoms with Crippen molar-refractivity contribution in [2.45, 2.75) is 50.0 Å². The lowest BCUT2D eigenvalue weighted by Gasteiger charge is -2.44. The number of hydrogen-bond acceptors (Lipinski definition) is 2. The quantitative estimate of drug-likeness (QED) is 0.893. The number of hydrogen-bond donors (Lipinski definition) is 1. The zero-order valence-electron chi connectivity index (χ0n) is 12.8. The molecule has 3 rings (SSSR count). The number of carbonyl (C=O) groups is 1. The topological polar surface area (TPSA) is 46.3 Å². The number of halogens is 2. The molecule has 1 aromatic rings. The summed E-state index contributed by atoms with van der Waals surface area (Å²) in [6.07, 6.45) is 6.00. The van der Waals surface area contributed by atoms with Crippen LogP contribution < -0.4 is 5.73 Å². The van der Waals surface area contributed by atoms with E-state index < -0.39 is 0 Å². The molecule has 5 heteroatoms. The predicted octanol–water partition coefficient (Wildman–Crippen LogP) is 3.52. The van der Waals surface area contributed by atoms with Crippen LogP contribution in [0.15, 0.2) is 24.3 Å². The summed E-state index contributed by atoms with van der Waals surface area (Å²) in [5.74, 6) is 0.296. The van der Waals surface area contributed by atoms with Gasteiger partial charge in [-0.15, -0.1) is 12.4 Å². The van der Waals surface area contributed by atoms with Crippen LogP contribution >= 0.6 is 24.0 Å². The minimum atomic E-state index is -0.307. The summed E-state index contributed by atoms with van der Waals surface area (Å²) >= 11 is 5.98. The highest BCUT2D eigenvalue weighted by Gasteiger charge is 2.47. The molecule has 1 saturated carbocycles. The fourth-order valence-corrected chi connectivity index (χ4v) is 3.68. The number of nitrogens with zero attached hydrogens (tertiary/aromatic N) is 1. The second-order valence-electron chi connectivity index (χ2n) is 6.43. The van der Waals surface area contributed by atoms with E-state index in [9.17, 15) is 4.79 Å². The molecule has 2 fully saturated rings. The number of benzene rings is 1. The number of nitrogens with two attached hydrogens (primary N) is 1. The fourth-order valence-electron chi connectivity index (χ4n) is 3.55. The molecule has 1 heterocycles. The molecule has 0 radical (unpaired) electrons. The van der Waals surface area contributed by atoms with Crippen LogP contribution in [0.5, 0.6) is 0 Å². The maximum Gasteiger partial charge on any atom is 0.233 e. The van der Waals surface area contributed by atoms with Crippen molar-refractivity contribution in [1.82, 2.24) is 4.90 Å². The average molecular weight is 343 g/mol. The number of carbonyl (C=O) groups excluding carboxylic acids is 1. The Morgan fingerprint density at radius 1 is 1.14 bits per heavy atom. The molecular formula is C17H24Cl2N2O. The monoisotopic (exact) mass is 342 g/mol. The van der Waals surface area contributed by atoms with Gasteiger partial charge >= 0.3 is 0 Å². The van der Waals surface area contributed by atoms with Crippen molar-refractivity contribution in [2.24, 2.45) is 5.73 Å². The van der Waals surface area contributed by atoms with Gasteiger partial charge in [-0.3, -0.25) is 4.79 Å². The van der Waals surface area contributed by atoms with Gasteiger partial charge in [-0.05, 0) is 49.8 Å². The largest absolute Gasteiger partial charge is 0.342 e. The van der Waals surface area contributed by atoms with Gasteiger partial charge in [0.1, 0.15) is 0 Å². The first kappa shape index (κ1) is 17.6. The van der Waals surface area contributed by atoms with Crippen LogP contribution in [0.3, 0.4) is 0 Å². The molecule has 1 atom stereocenters. The van der Waals surface area contributed by atoms with Gasteiger partial charge in [-0.1, -0.05) is 30.2 Å². The minimum absolute atomic E-state index is 0. The molecule has 1 aliphatic heterocycles. The molecule has 1 saturated heterocycles. The van der Waals surface area contributed by atoms with Gasteiger partial charge < -0.3 is 10.6 Å². The van der Waals surface area contributed by atoms with Crippen LogP contribution in [0.1, 0.15) is 44.1 Å². The second kappa shape index (κ2) is 7.20. The van der Waals surface area contributed by atoms with Crippen LogP contribution in [0.25, 0.3) is 0 Å². The smallest absolute Gasteiger partial charge is 0.233 e. The Kier molecular flexibility index (Phi) is 5.76. The molecular weight excluding hydrogens is 319 g/mol. The van der Waals surface area contributed by atoms with Crippen molar-refractivity contribution in [2.75, 3.05) is 13.1 Å². The lowest BCUT2D eigenvalue weighted by atomic mass is 9.63. The number of amides is 1. The van der Waals surface area contributed by atoms with E-state index >= 15 is 0 Å². The van der Waals surface area contributed by atoms with Gasteiger partial charge in [-0.2, -0.15) is 0 Å². The molecule has 0 spiro atoms. The van der Waals surface area contributed by atoms with Crippen LogP contribution in [0, 0.1) is 0 Å². The van der Waals surface area contributed by atoms with E-state index in [-0.39, 0.29) is 23.9 Å². The van der Waals surface area contributed by atoms with Crippen molar-refractivity contribution < 1.29 is 4.79 Å². The number of likely N-dealkylation sites (tertiary alicyclic amines) is 1. The highest BCUT2D eigenvalue weighted by molar-refractivity contribution is 6.30. The minimum Gasteiger partial charge on any atom is -0.342 e. The molecule has 1 unspecified atom stereocenters. The third-order valence-corrected chi connectivity index (χ3v) is 5.33. The van der Waals surface area contributed by atoms with E-state index in [0.717, 1.165) is 62.2 Å². The summed E-state index contributed by atoms with van der Waals surface area (Å²) in [5, 5.41) is 0.724. The normalized spacial score (nSPS) is 23.9. The van der Waals surface area contributed by atoms with Crippen LogP contribution in [0.2, 0.25) is 5.02 Å². The van der Waals surface area contributed by atoms with E-state index in [2.05, 4.69) is 0 Å². The summed E-state index contributed by atoms with van der Waals surface area (Å²) in [4.78, 5) is 15.1. The molecule has 1 aliphatic carbocycles. The summed E-state index contributed by atoms with van der Waals surface area (Å²) < 4.78 is 0. The maximum atomic E-state index is 13.1. The summed E-state index contributed by atoms with van der Waals surface area (Å²) in [6, 6.07) is 8.06. The Bertz CT molecular complexity index is 514. The first-order valence-corrected chi connectivity index (χ1v) is 8.31. The Balaban J connectivity index is 0.00000176. The van der Waals surface area contributed by atoms with Gasteiger partial charge in [0.25, 0.3) is 0 Å². The van der Waals surface area contributed by atoms with E-state index in [1.807, 2.05) is 29.2 Å².